The van der Waals surface area contributed by atoms with Crippen molar-refractivity contribution in [1.82, 2.24) is 10.0 Å². The molecule has 1 aromatic carbocycles. The lowest BCUT2D eigenvalue weighted by atomic mass is 10.0. The zero-order valence-electron chi connectivity index (χ0n) is 12.7. The Morgan fingerprint density at radius 1 is 1.19 bits per heavy atom. The minimum absolute atomic E-state index is 0.0675. The zero-order valence-corrected chi connectivity index (χ0v) is 15.0. The van der Waals surface area contributed by atoms with Crippen LogP contribution in [0.3, 0.4) is 0 Å². The Kier molecular flexibility index (Phi) is 6.94. The molecule has 4 nitrogen and oxygen atoms in total. The standard InChI is InChI=1S/C14H22Cl2N2O2S/c1-5-13(9(2)3)18-21(19,20)14-6-10(8-17-4)11(15)7-12(14)16/h6-7,9,13,17-18H,5,8H2,1-4H3. The number of nitrogens with one attached hydrogen (secondary N) is 2. The second kappa shape index (κ2) is 7.79. The Labute approximate surface area is 137 Å². The van der Waals surface area contributed by atoms with Gasteiger partial charge in [-0.25, -0.2) is 13.1 Å². The maximum absolute atomic E-state index is 12.5. The van der Waals surface area contributed by atoms with Crippen LogP contribution < -0.4 is 10.0 Å². The second-order valence-electron chi connectivity index (χ2n) is 5.28. The summed E-state index contributed by atoms with van der Waals surface area (Å²) in [6.07, 6.45) is 0.714. The summed E-state index contributed by atoms with van der Waals surface area (Å²) >= 11 is 12.1. The molecule has 0 saturated carbocycles. The molecule has 0 aliphatic rings. The molecule has 1 unspecified atom stereocenters. The van der Waals surface area contributed by atoms with Crippen molar-refractivity contribution in [2.24, 2.45) is 5.92 Å². The molecule has 21 heavy (non-hydrogen) atoms. The molecule has 0 radical (unpaired) electrons. The van der Waals surface area contributed by atoms with Crippen LogP contribution in [0.5, 0.6) is 0 Å². The fourth-order valence-electron chi connectivity index (χ4n) is 2.06. The third kappa shape index (κ3) is 4.83. The molecule has 0 aromatic heterocycles. The van der Waals surface area contributed by atoms with E-state index in [1.54, 1.807) is 7.05 Å². The van der Waals surface area contributed by atoms with Gasteiger partial charge in [-0.15, -0.1) is 0 Å². The van der Waals surface area contributed by atoms with E-state index in [0.717, 1.165) is 0 Å². The van der Waals surface area contributed by atoms with Gasteiger partial charge in [0.05, 0.1) is 5.02 Å². The first kappa shape index (κ1) is 18.7. The van der Waals surface area contributed by atoms with Crippen LogP contribution in [0, 0.1) is 5.92 Å². The van der Waals surface area contributed by atoms with Crippen LogP contribution >= 0.6 is 23.2 Å². The summed E-state index contributed by atoms with van der Waals surface area (Å²) < 4.78 is 27.8. The quantitative estimate of drug-likeness (QED) is 0.790. The number of hydrogen-bond donors (Lipinski definition) is 2. The predicted octanol–water partition coefficient (Wildman–Crippen LogP) is 3.43. The maximum atomic E-state index is 12.5. The Bertz CT molecular complexity index is 589. The Hall–Kier alpha value is -0.330. The zero-order chi connectivity index (χ0) is 16.2. The average molecular weight is 353 g/mol. The highest BCUT2D eigenvalue weighted by Crippen LogP contribution is 2.29. The van der Waals surface area contributed by atoms with E-state index in [-0.39, 0.29) is 21.9 Å². The summed E-state index contributed by atoms with van der Waals surface area (Å²) in [5, 5.41) is 3.53. The predicted molar refractivity (Wildman–Crippen MR) is 88.5 cm³/mol. The number of hydrogen-bond acceptors (Lipinski definition) is 3. The van der Waals surface area contributed by atoms with E-state index in [0.29, 0.717) is 23.6 Å². The molecule has 1 aromatic rings. The van der Waals surface area contributed by atoms with E-state index in [9.17, 15) is 8.42 Å². The van der Waals surface area contributed by atoms with Crippen molar-refractivity contribution in [2.75, 3.05) is 7.05 Å². The number of benzene rings is 1. The van der Waals surface area contributed by atoms with Crippen molar-refractivity contribution in [1.29, 1.82) is 0 Å². The number of rotatable bonds is 7. The van der Waals surface area contributed by atoms with E-state index in [4.69, 9.17) is 23.2 Å². The molecule has 0 amide bonds. The van der Waals surface area contributed by atoms with Crippen LogP contribution in [0.4, 0.5) is 0 Å². The molecule has 2 N–H and O–H groups in total. The van der Waals surface area contributed by atoms with Gasteiger partial charge >= 0.3 is 0 Å². The van der Waals surface area contributed by atoms with E-state index < -0.39 is 10.0 Å². The SMILES string of the molecule is CCC(NS(=O)(=O)c1cc(CNC)c(Cl)cc1Cl)C(C)C. The normalized spacial score (nSPS) is 13.7. The summed E-state index contributed by atoms with van der Waals surface area (Å²) in [6, 6.07) is 2.87. The molecule has 1 rings (SSSR count). The summed E-state index contributed by atoms with van der Waals surface area (Å²) in [5.41, 5.74) is 0.696. The molecule has 0 saturated heterocycles. The molecule has 0 fully saturated rings. The van der Waals surface area contributed by atoms with Crippen LogP contribution in [-0.4, -0.2) is 21.5 Å². The van der Waals surface area contributed by atoms with Gasteiger partial charge in [-0.2, -0.15) is 0 Å². The Balaban J connectivity index is 3.21. The van der Waals surface area contributed by atoms with Crippen LogP contribution in [0.1, 0.15) is 32.8 Å². The first-order chi connectivity index (χ1) is 9.72. The molecule has 0 spiro atoms. The molecular weight excluding hydrogens is 331 g/mol. The average Bonchev–Trinajstić information content (AvgIpc) is 2.38. The molecule has 1 atom stereocenters. The van der Waals surface area contributed by atoms with Gasteiger partial charge in [0.25, 0.3) is 0 Å². The van der Waals surface area contributed by atoms with Gasteiger partial charge in [-0.05, 0) is 37.1 Å². The molecule has 120 valence electrons. The van der Waals surface area contributed by atoms with Crippen LogP contribution in [-0.2, 0) is 16.6 Å². The molecule has 0 heterocycles. The highest BCUT2D eigenvalue weighted by Gasteiger charge is 2.24. The molecular formula is C14H22Cl2N2O2S. The third-order valence-electron chi connectivity index (χ3n) is 3.31. The topological polar surface area (TPSA) is 58.2 Å². The van der Waals surface area contributed by atoms with Crippen LogP contribution in [0.2, 0.25) is 10.0 Å². The van der Waals surface area contributed by atoms with E-state index in [1.807, 2.05) is 20.8 Å². The number of halogens is 2. The summed E-state index contributed by atoms with van der Waals surface area (Å²) in [5.74, 6) is 0.202. The highest BCUT2D eigenvalue weighted by molar-refractivity contribution is 7.89. The van der Waals surface area contributed by atoms with Gasteiger partial charge in [0.1, 0.15) is 4.90 Å². The molecule has 0 aliphatic heterocycles. The molecule has 0 aliphatic carbocycles. The van der Waals surface area contributed by atoms with Crippen molar-refractivity contribution < 1.29 is 8.42 Å². The lowest BCUT2D eigenvalue weighted by Crippen LogP contribution is -2.38. The maximum Gasteiger partial charge on any atom is 0.242 e. The Morgan fingerprint density at radius 2 is 1.81 bits per heavy atom. The minimum atomic E-state index is -3.67. The lowest BCUT2D eigenvalue weighted by molar-refractivity contribution is 0.437. The minimum Gasteiger partial charge on any atom is -0.316 e. The van der Waals surface area contributed by atoms with Crippen molar-refractivity contribution in [3.63, 3.8) is 0 Å². The smallest absolute Gasteiger partial charge is 0.242 e. The summed E-state index contributed by atoms with van der Waals surface area (Å²) in [6.45, 7) is 6.38. The van der Waals surface area contributed by atoms with Crippen molar-refractivity contribution in [3.8, 4) is 0 Å². The first-order valence-electron chi connectivity index (χ1n) is 6.87. The fourth-order valence-corrected chi connectivity index (χ4v) is 4.39. The van der Waals surface area contributed by atoms with Crippen LogP contribution in [0.25, 0.3) is 0 Å². The highest BCUT2D eigenvalue weighted by atomic mass is 35.5. The van der Waals surface area contributed by atoms with Gasteiger partial charge < -0.3 is 5.32 Å². The largest absolute Gasteiger partial charge is 0.316 e. The Morgan fingerprint density at radius 3 is 2.29 bits per heavy atom. The van der Waals surface area contributed by atoms with Crippen molar-refractivity contribution in [3.05, 3.63) is 27.7 Å². The third-order valence-corrected chi connectivity index (χ3v) is 5.62. The van der Waals surface area contributed by atoms with Gasteiger partial charge in [-0.1, -0.05) is 44.0 Å². The van der Waals surface area contributed by atoms with E-state index in [1.165, 1.54) is 12.1 Å². The van der Waals surface area contributed by atoms with Crippen molar-refractivity contribution >= 4 is 33.2 Å². The van der Waals surface area contributed by atoms with E-state index >= 15 is 0 Å². The van der Waals surface area contributed by atoms with Gasteiger partial charge in [0.2, 0.25) is 10.0 Å². The lowest BCUT2D eigenvalue weighted by Gasteiger charge is -2.21. The van der Waals surface area contributed by atoms with Crippen molar-refractivity contribution in [2.45, 2.75) is 44.7 Å². The monoisotopic (exact) mass is 352 g/mol. The summed E-state index contributed by atoms with van der Waals surface area (Å²) in [4.78, 5) is 0.0675. The van der Waals surface area contributed by atoms with Gasteiger partial charge in [-0.3, -0.25) is 0 Å². The summed E-state index contributed by atoms with van der Waals surface area (Å²) in [7, 11) is -1.91. The van der Waals surface area contributed by atoms with Crippen LogP contribution in [0.15, 0.2) is 17.0 Å². The molecule has 0 bridgehead atoms. The van der Waals surface area contributed by atoms with Gasteiger partial charge in [0.15, 0.2) is 0 Å². The molecule has 7 heteroatoms. The fraction of sp³-hybridized carbons (Fsp3) is 0.571. The first-order valence-corrected chi connectivity index (χ1v) is 9.11. The van der Waals surface area contributed by atoms with E-state index in [2.05, 4.69) is 10.0 Å². The second-order valence-corrected chi connectivity index (χ2v) is 7.78. The van der Waals surface area contributed by atoms with Gasteiger partial charge in [0, 0.05) is 17.6 Å². The number of sulfonamides is 1.